The molecule has 0 atom stereocenters. The Bertz CT molecular complexity index is 728. The summed E-state index contributed by atoms with van der Waals surface area (Å²) < 4.78 is 2.32. The van der Waals surface area contributed by atoms with Crippen LogP contribution in [-0.2, 0) is 24.1 Å². The normalized spacial score (nSPS) is 14.2. The monoisotopic (exact) mass is 339 g/mol. The van der Waals surface area contributed by atoms with Crippen molar-refractivity contribution < 1.29 is 4.79 Å². The SMILES string of the molecule is Cc1ccccc1CC(=O)CCc1nnc(CCC(C)C)n1C1CC1. The predicted molar refractivity (Wildman–Crippen MR) is 99.7 cm³/mol. The molecule has 0 bridgehead atoms. The fourth-order valence-electron chi connectivity index (χ4n) is 3.23. The molecule has 4 heteroatoms. The first-order valence-electron chi connectivity index (χ1n) is 9.53. The number of aryl methyl sites for hydroxylation is 3. The van der Waals surface area contributed by atoms with Crippen molar-refractivity contribution in [1.29, 1.82) is 0 Å². The first kappa shape index (κ1) is 17.8. The maximum absolute atomic E-state index is 12.4. The zero-order chi connectivity index (χ0) is 17.8. The molecule has 0 N–H and O–H groups in total. The van der Waals surface area contributed by atoms with E-state index in [-0.39, 0.29) is 5.78 Å². The highest BCUT2D eigenvalue weighted by Gasteiger charge is 2.29. The molecule has 1 aromatic carbocycles. The predicted octanol–water partition coefficient (Wildman–Crippen LogP) is 4.25. The number of benzene rings is 1. The molecule has 0 amide bonds. The lowest BCUT2D eigenvalue weighted by molar-refractivity contribution is -0.118. The molecular weight excluding hydrogens is 310 g/mol. The maximum Gasteiger partial charge on any atom is 0.137 e. The minimum atomic E-state index is 0.281. The smallest absolute Gasteiger partial charge is 0.137 e. The van der Waals surface area contributed by atoms with Crippen molar-refractivity contribution in [3.8, 4) is 0 Å². The van der Waals surface area contributed by atoms with E-state index in [9.17, 15) is 4.79 Å². The van der Waals surface area contributed by atoms with E-state index in [4.69, 9.17) is 0 Å². The van der Waals surface area contributed by atoms with Crippen LogP contribution in [-0.4, -0.2) is 20.5 Å². The summed E-state index contributed by atoms with van der Waals surface area (Å²) in [5.41, 5.74) is 2.32. The summed E-state index contributed by atoms with van der Waals surface area (Å²) in [6.45, 7) is 6.54. The van der Waals surface area contributed by atoms with Gasteiger partial charge in [0.05, 0.1) is 0 Å². The van der Waals surface area contributed by atoms with Gasteiger partial charge in [-0.2, -0.15) is 0 Å². The van der Waals surface area contributed by atoms with Crippen molar-refractivity contribution in [1.82, 2.24) is 14.8 Å². The zero-order valence-corrected chi connectivity index (χ0v) is 15.7. The average Bonchev–Trinajstić information content (AvgIpc) is 3.33. The molecule has 0 saturated heterocycles. The Labute approximate surface area is 150 Å². The Morgan fingerprint density at radius 3 is 2.48 bits per heavy atom. The van der Waals surface area contributed by atoms with Crippen molar-refractivity contribution in [3.05, 3.63) is 47.0 Å². The second-order valence-electron chi connectivity index (χ2n) is 7.71. The highest BCUT2D eigenvalue weighted by Crippen LogP contribution is 2.37. The van der Waals surface area contributed by atoms with Crippen molar-refractivity contribution in [2.45, 2.75) is 71.8 Å². The van der Waals surface area contributed by atoms with Gasteiger partial charge in [0, 0.05) is 31.7 Å². The Kier molecular flexibility index (Phi) is 5.67. The number of hydrogen-bond acceptors (Lipinski definition) is 3. The van der Waals surface area contributed by atoms with Crippen LogP contribution in [0.1, 0.15) is 68.3 Å². The van der Waals surface area contributed by atoms with E-state index in [0.29, 0.717) is 31.2 Å². The molecule has 3 rings (SSSR count). The number of carbonyl (C=O) groups is 1. The van der Waals surface area contributed by atoms with Gasteiger partial charge in [0.1, 0.15) is 17.4 Å². The number of aromatic nitrogens is 3. The van der Waals surface area contributed by atoms with Crippen LogP contribution in [0.3, 0.4) is 0 Å². The summed E-state index contributed by atoms with van der Waals surface area (Å²) >= 11 is 0. The lowest BCUT2D eigenvalue weighted by atomic mass is 10.0. The molecule has 0 spiro atoms. The second-order valence-corrected chi connectivity index (χ2v) is 7.71. The van der Waals surface area contributed by atoms with E-state index in [1.54, 1.807) is 0 Å². The minimum absolute atomic E-state index is 0.281. The van der Waals surface area contributed by atoms with E-state index in [1.807, 2.05) is 18.2 Å². The van der Waals surface area contributed by atoms with Crippen LogP contribution in [0.5, 0.6) is 0 Å². The molecule has 1 aliphatic carbocycles. The summed E-state index contributed by atoms with van der Waals surface area (Å²) in [5.74, 6) is 3.06. The van der Waals surface area contributed by atoms with Crippen LogP contribution in [0.4, 0.5) is 0 Å². The van der Waals surface area contributed by atoms with Gasteiger partial charge >= 0.3 is 0 Å². The van der Waals surface area contributed by atoms with E-state index in [2.05, 4.69) is 41.6 Å². The van der Waals surface area contributed by atoms with Crippen molar-refractivity contribution in [2.24, 2.45) is 5.92 Å². The second kappa shape index (κ2) is 7.94. The largest absolute Gasteiger partial charge is 0.312 e. The molecule has 0 radical (unpaired) electrons. The van der Waals surface area contributed by atoms with Crippen molar-refractivity contribution >= 4 is 5.78 Å². The topological polar surface area (TPSA) is 47.8 Å². The summed E-state index contributed by atoms with van der Waals surface area (Å²) in [7, 11) is 0. The number of nitrogens with zero attached hydrogens (tertiary/aromatic N) is 3. The van der Waals surface area contributed by atoms with Gasteiger partial charge in [-0.3, -0.25) is 4.79 Å². The Hall–Kier alpha value is -1.97. The fourth-order valence-corrected chi connectivity index (χ4v) is 3.23. The molecule has 1 heterocycles. The molecule has 0 unspecified atom stereocenters. The van der Waals surface area contributed by atoms with Gasteiger partial charge in [0.25, 0.3) is 0 Å². The number of hydrogen-bond donors (Lipinski definition) is 0. The first-order chi connectivity index (χ1) is 12.0. The van der Waals surface area contributed by atoms with Crippen LogP contribution in [0.25, 0.3) is 0 Å². The molecular formula is C21H29N3O. The Morgan fingerprint density at radius 1 is 1.16 bits per heavy atom. The van der Waals surface area contributed by atoms with Crippen LogP contribution in [0, 0.1) is 12.8 Å². The highest BCUT2D eigenvalue weighted by molar-refractivity contribution is 5.81. The molecule has 1 aromatic heterocycles. The number of carbonyl (C=O) groups excluding carboxylic acids is 1. The van der Waals surface area contributed by atoms with E-state index < -0.39 is 0 Å². The van der Waals surface area contributed by atoms with Gasteiger partial charge < -0.3 is 4.57 Å². The van der Waals surface area contributed by atoms with Crippen molar-refractivity contribution in [2.75, 3.05) is 0 Å². The van der Waals surface area contributed by atoms with E-state index in [0.717, 1.165) is 30.1 Å². The summed E-state index contributed by atoms with van der Waals surface area (Å²) in [5, 5.41) is 8.84. The highest BCUT2D eigenvalue weighted by atomic mass is 16.1. The van der Waals surface area contributed by atoms with E-state index in [1.165, 1.54) is 18.4 Å². The standard InChI is InChI=1S/C21H29N3O/c1-15(2)8-12-20-22-23-21(24(20)18-9-10-18)13-11-19(25)14-17-7-5-4-6-16(17)3/h4-7,15,18H,8-14H2,1-3H3. The zero-order valence-electron chi connectivity index (χ0n) is 15.7. The average molecular weight is 339 g/mol. The first-order valence-corrected chi connectivity index (χ1v) is 9.53. The number of Topliss-reactive ketones (excluding diaryl/α,β-unsaturated/α-hetero) is 1. The van der Waals surface area contributed by atoms with Crippen LogP contribution in [0.15, 0.2) is 24.3 Å². The number of ketones is 1. The van der Waals surface area contributed by atoms with Gasteiger partial charge in [-0.25, -0.2) is 0 Å². The van der Waals surface area contributed by atoms with Gasteiger partial charge in [-0.05, 0) is 43.2 Å². The molecule has 1 fully saturated rings. The minimum Gasteiger partial charge on any atom is -0.312 e. The third-order valence-electron chi connectivity index (χ3n) is 4.97. The lowest BCUT2D eigenvalue weighted by Gasteiger charge is -2.10. The van der Waals surface area contributed by atoms with Gasteiger partial charge in [-0.1, -0.05) is 38.1 Å². The van der Waals surface area contributed by atoms with Crippen LogP contribution < -0.4 is 0 Å². The lowest BCUT2D eigenvalue weighted by Crippen LogP contribution is -2.10. The van der Waals surface area contributed by atoms with Gasteiger partial charge in [-0.15, -0.1) is 10.2 Å². The quantitative estimate of drug-likeness (QED) is 0.686. The third kappa shape index (κ3) is 4.77. The van der Waals surface area contributed by atoms with Crippen LogP contribution in [0.2, 0.25) is 0 Å². The molecule has 0 aliphatic heterocycles. The Morgan fingerprint density at radius 2 is 1.84 bits per heavy atom. The molecule has 4 nitrogen and oxygen atoms in total. The van der Waals surface area contributed by atoms with Crippen LogP contribution >= 0.6 is 0 Å². The molecule has 25 heavy (non-hydrogen) atoms. The summed E-state index contributed by atoms with van der Waals surface area (Å²) in [6.07, 6.45) is 6.33. The van der Waals surface area contributed by atoms with Gasteiger partial charge in [0.15, 0.2) is 0 Å². The fraction of sp³-hybridized carbons (Fsp3) is 0.571. The Balaban J connectivity index is 1.61. The number of rotatable bonds is 9. The molecule has 134 valence electrons. The summed E-state index contributed by atoms with van der Waals surface area (Å²) in [4.78, 5) is 12.4. The maximum atomic E-state index is 12.4. The molecule has 2 aromatic rings. The molecule has 1 saturated carbocycles. The van der Waals surface area contributed by atoms with Crippen molar-refractivity contribution in [3.63, 3.8) is 0 Å². The van der Waals surface area contributed by atoms with Gasteiger partial charge in [0.2, 0.25) is 0 Å². The molecule has 1 aliphatic rings. The summed E-state index contributed by atoms with van der Waals surface area (Å²) in [6, 6.07) is 8.69. The third-order valence-corrected chi connectivity index (χ3v) is 4.97. The van der Waals surface area contributed by atoms with E-state index >= 15 is 0 Å².